The van der Waals surface area contributed by atoms with Gasteiger partial charge >= 0.3 is 0 Å². The van der Waals surface area contributed by atoms with E-state index in [1.54, 1.807) is 30.3 Å². The number of thioether (sulfide) groups is 1. The summed E-state index contributed by atoms with van der Waals surface area (Å²) in [5.74, 6) is -0.805. The van der Waals surface area contributed by atoms with Crippen molar-refractivity contribution in [3.63, 3.8) is 0 Å². The fourth-order valence-electron chi connectivity index (χ4n) is 3.78. The van der Waals surface area contributed by atoms with Crippen molar-refractivity contribution in [3.8, 4) is 0 Å². The van der Waals surface area contributed by atoms with Gasteiger partial charge in [-0.15, -0.1) is 0 Å². The molecule has 2 aliphatic rings. The Kier molecular flexibility index (Phi) is 5.63. The minimum atomic E-state index is -0.500. The number of carbonyl (C=O) groups is 3. The largest absolute Gasteiger partial charge is 0.354 e. The highest BCUT2D eigenvalue weighted by atomic mass is 32.2. The minimum Gasteiger partial charge on any atom is -0.354 e. The van der Waals surface area contributed by atoms with Crippen molar-refractivity contribution in [2.75, 3.05) is 10.6 Å². The number of nitrogens with one attached hydrogen (secondary N) is 3. The van der Waals surface area contributed by atoms with Crippen LogP contribution < -0.4 is 16.0 Å². The van der Waals surface area contributed by atoms with E-state index >= 15 is 0 Å². The zero-order valence-corrected chi connectivity index (χ0v) is 18.7. The Labute approximate surface area is 203 Å². The van der Waals surface area contributed by atoms with Gasteiger partial charge < -0.3 is 10.6 Å². The fraction of sp³-hybridized carbons (Fsp3) is 0. The highest BCUT2D eigenvalue weighted by Crippen LogP contribution is 2.39. The van der Waals surface area contributed by atoms with Crippen LogP contribution in [0, 0.1) is 10.1 Å². The van der Waals surface area contributed by atoms with E-state index in [1.165, 1.54) is 18.2 Å². The molecule has 3 aromatic rings. The number of amides is 3. The molecule has 0 atom stereocenters. The summed E-state index contributed by atoms with van der Waals surface area (Å²) in [6, 6.07) is 20.5. The molecule has 0 aliphatic carbocycles. The van der Waals surface area contributed by atoms with Crippen molar-refractivity contribution in [1.82, 2.24) is 5.32 Å². The number of nitro benzene ring substituents is 1. The van der Waals surface area contributed by atoms with E-state index in [2.05, 4.69) is 16.0 Å². The SMILES string of the molecule is O=C1NC(=O)/C(=C/c2ccc(NC(=C3C(=O)Nc4ccc([N+](=O)[O-])cc43)c3ccccc3)cc2)S1. The van der Waals surface area contributed by atoms with Gasteiger partial charge in [0.15, 0.2) is 0 Å². The topological polar surface area (TPSA) is 130 Å². The van der Waals surface area contributed by atoms with Gasteiger partial charge in [0.25, 0.3) is 22.7 Å². The fourth-order valence-corrected chi connectivity index (χ4v) is 4.46. The Morgan fingerprint density at radius 1 is 0.914 bits per heavy atom. The van der Waals surface area contributed by atoms with Gasteiger partial charge in [-0.05, 0) is 47.2 Å². The average molecular weight is 484 g/mol. The molecule has 3 N–H and O–H groups in total. The van der Waals surface area contributed by atoms with Crippen molar-refractivity contribution < 1.29 is 19.3 Å². The third-order valence-electron chi connectivity index (χ3n) is 5.39. The van der Waals surface area contributed by atoms with Crippen LogP contribution in [-0.4, -0.2) is 22.0 Å². The lowest BCUT2D eigenvalue weighted by molar-refractivity contribution is -0.384. The van der Waals surface area contributed by atoms with E-state index in [0.29, 0.717) is 33.1 Å². The number of nitrogens with zero attached hydrogens (tertiary/aromatic N) is 1. The van der Waals surface area contributed by atoms with Crippen molar-refractivity contribution in [2.24, 2.45) is 0 Å². The van der Waals surface area contributed by atoms with Gasteiger partial charge in [0.1, 0.15) is 0 Å². The molecule has 0 radical (unpaired) electrons. The monoisotopic (exact) mass is 484 g/mol. The molecule has 1 fully saturated rings. The number of fused-ring (bicyclic) bond motifs is 1. The molecular weight excluding hydrogens is 468 g/mol. The summed E-state index contributed by atoms with van der Waals surface area (Å²) in [6.45, 7) is 0. The van der Waals surface area contributed by atoms with E-state index in [1.807, 2.05) is 30.3 Å². The van der Waals surface area contributed by atoms with E-state index in [0.717, 1.165) is 22.9 Å². The second-order valence-corrected chi connectivity index (χ2v) is 8.67. The van der Waals surface area contributed by atoms with Gasteiger partial charge in [-0.3, -0.25) is 29.8 Å². The number of rotatable bonds is 5. The number of benzene rings is 3. The Bertz CT molecular complexity index is 1460. The first-order valence-electron chi connectivity index (χ1n) is 10.4. The Balaban J connectivity index is 1.55. The second kappa shape index (κ2) is 8.92. The minimum absolute atomic E-state index is 0.116. The smallest absolute Gasteiger partial charge is 0.290 e. The number of nitro groups is 1. The molecule has 0 spiro atoms. The normalized spacial score (nSPS) is 17.1. The molecule has 2 aliphatic heterocycles. The first-order valence-corrected chi connectivity index (χ1v) is 11.2. The molecule has 0 aromatic heterocycles. The molecular formula is C25H16N4O5S. The van der Waals surface area contributed by atoms with Crippen molar-refractivity contribution in [2.45, 2.75) is 0 Å². The number of hydrogen-bond donors (Lipinski definition) is 3. The highest BCUT2D eigenvalue weighted by Gasteiger charge is 2.30. The van der Waals surface area contributed by atoms with Crippen molar-refractivity contribution in [3.05, 3.63) is 105 Å². The van der Waals surface area contributed by atoms with Crippen LogP contribution in [0.1, 0.15) is 16.7 Å². The quantitative estimate of drug-likeness (QED) is 0.268. The second-order valence-electron chi connectivity index (χ2n) is 7.66. The summed E-state index contributed by atoms with van der Waals surface area (Å²) in [5, 5.41) is 19.2. The third-order valence-corrected chi connectivity index (χ3v) is 6.20. The number of non-ortho nitro benzene ring substituents is 1. The number of hydrogen-bond acceptors (Lipinski definition) is 7. The summed E-state index contributed by atoms with van der Waals surface area (Å²) in [4.78, 5) is 47.3. The lowest BCUT2D eigenvalue weighted by Gasteiger charge is -2.15. The molecule has 0 saturated carbocycles. The maximum Gasteiger partial charge on any atom is 0.290 e. The van der Waals surface area contributed by atoms with E-state index in [9.17, 15) is 24.5 Å². The average Bonchev–Trinajstić information content (AvgIpc) is 3.35. The van der Waals surface area contributed by atoms with Crippen molar-refractivity contribution in [1.29, 1.82) is 0 Å². The van der Waals surface area contributed by atoms with Crippen LogP contribution in [0.5, 0.6) is 0 Å². The van der Waals surface area contributed by atoms with Crippen molar-refractivity contribution >= 4 is 63.2 Å². The summed E-state index contributed by atoms with van der Waals surface area (Å²) in [6.07, 6.45) is 1.62. The Morgan fingerprint density at radius 3 is 2.31 bits per heavy atom. The summed E-state index contributed by atoms with van der Waals surface area (Å²) >= 11 is 0.840. The van der Waals surface area contributed by atoms with E-state index < -0.39 is 16.1 Å². The van der Waals surface area contributed by atoms with Crippen LogP contribution in [0.3, 0.4) is 0 Å². The van der Waals surface area contributed by atoms with Crippen LogP contribution in [0.25, 0.3) is 17.3 Å². The van der Waals surface area contributed by atoms with Gasteiger partial charge in [-0.25, -0.2) is 0 Å². The molecule has 172 valence electrons. The molecule has 0 bridgehead atoms. The van der Waals surface area contributed by atoms with Crippen LogP contribution in [0.4, 0.5) is 21.9 Å². The van der Waals surface area contributed by atoms with Gasteiger partial charge in [0, 0.05) is 29.1 Å². The maximum atomic E-state index is 13.0. The number of anilines is 2. The molecule has 1 saturated heterocycles. The lowest BCUT2D eigenvalue weighted by Crippen LogP contribution is -2.17. The van der Waals surface area contributed by atoms with Crippen LogP contribution in [-0.2, 0) is 9.59 Å². The standard InChI is InChI=1S/C25H16N4O5S/c30-23-20(35-25(32)28-23)12-14-6-8-16(9-7-14)26-22(15-4-2-1-3-5-15)21-18-13-17(29(33)34)10-11-19(18)27-24(21)31/h1-13,26H,(H,27,31)(H,28,30,32)/b20-12-,22-21?. The molecule has 10 heteroatoms. The van der Waals surface area contributed by atoms with Crippen LogP contribution in [0.15, 0.2) is 77.7 Å². The summed E-state index contributed by atoms with van der Waals surface area (Å²) in [5.41, 5.74) is 3.70. The van der Waals surface area contributed by atoms with E-state index in [4.69, 9.17) is 0 Å². The molecule has 3 aromatic carbocycles. The summed E-state index contributed by atoms with van der Waals surface area (Å²) < 4.78 is 0. The first-order chi connectivity index (χ1) is 16.9. The van der Waals surface area contributed by atoms with Gasteiger partial charge in [0.05, 0.1) is 21.1 Å². The molecule has 5 rings (SSSR count). The van der Waals surface area contributed by atoms with Crippen LogP contribution in [0.2, 0.25) is 0 Å². The molecule has 35 heavy (non-hydrogen) atoms. The van der Waals surface area contributed by atoms with Gasteiger partial charge in [-0.1, -0.05) is 42.5 Å². The zero-order valence-electron chi connectivity index (χ0n) is 17.9. The molecule has 9 nitrogen and oxygen atoms in total. The Morgan fingerprint density at radius 2 is 1.66 bits per heavy atom. The molecule has 2 heterocycles. The van der Waals surface area contributed by atoms with Crippen LogP contribution >= 0.6 is 11.8 Å². The number of imide groups is 1. The molecule has 0 unspecified atom stereocenters. The number of carbonyl (C=O) groups excluding carboxylic acids is 3. The van der Waals surface area contributed by atoms with Gasteiger partial charge in [-0.2, -0.15) is 0 Å². The van der Waals surface area contributed by atoms with E-state index in [-0.39, 0.29) is 11.6 Å². The maximum absolute atomic E-state index is 13.0. The lowest BCUT2D eigenvalue weighted by atomic mass is 9.99. The molecule has 3 amide bonds. The first kappa shape index (κ1) is 22.1. The highest BCUT2D eigenvalue weighted by molar-refractivity contribution is 8.18. The Hall–Kier alpha value is -4.70. The zero-order chi connectivity index (χ0) is 24.5. The predicted octanol–water partition coefficient (Wildman–Crippen LogP) is 4.85. The predicted molar refractivity (Wildman–Crippen MR) is 134 cm³/mol. The summed E-state index contributed by atoms with van der Waals surface area (Å²) in [7, 11) is 0. The van der Waals surface area contributed by atoms with Gasteiger partial charge in [0.2, 0.25) is 0 Å². The third kappa shape index (κ3) is 4.42.